The minimum atomic E-state index is -0.179. The van der Waals surface area contributed by atoms with Crippen LogP contribution in [-0.4, -0.2) is 21.3 Å². The summed E-state index contributed by atoms with van der Waals surface area (Å²) in [7, 11) is 0. The zero-order valence-corrected chi connectivity index (χ0v) is 15.8. The number of carbonyl (C=O) groups excluding carboxylic acids is 1. The number of nitrogens with one attached hydrogen (secondary N) is 1. The number of rotatable bonds is 7. The SMILES string of the molecule is CC(SCc1ccccc1)C(=O)NCc1nc(-c2ccccc2Cl)no1. The van der Waals surface area contributed by atoms with E-state index in [1.54, 1.807) is 17.8 Å². The second-order valence-corrected chi connectivity index (χ2v) is 7.38. The van der Waals surface area contributed by atoms with Crippen LogP contribution in [0.25, 0.3) is 11.4 Å². The molecule has 0 spiro atoms. The van der Waals surface area contributed by atoms with Gasteiger partial charge in [0.05, 0.1) is 16.8 Å². The number of hydrogen-bond donors (Lipinski definition) is 1. The summed E-state index contributed by atoms with van der Waals surface area (Å²) in [5.41, 5.74) is 1.89. The van der Waals surface area contributed by atoms with Gasteiger partial charge in [0.15, 0.2) is 0 Å². The summed E-state index contributed by atoms with van der Waals surface area (Å²) >= 11 is 7.71. The third kappa shape index (κ3) is 4.86. The summed E-state index contributed by atoms with van der Waals surface area (Å²) < 4.78 is 5.19. The summed E-state index contributed by atoms with van der Waals surface area (Å²) in [5.74, 6) is 1.47. The molecule has 7 heteroatoms. The van der Waals surface area contributed by atoms with Crippen LogP contribution >= 0.6 is 23.4 Å². The molecule has 0 saturated heterocycles. The molecule has 0 aliphatic heterocycles. The quantitative estimate of drug-likeness (QED) is 0.653. The van der Waals surface area contributed by atoms with Crippen molar-refractivity contribution in [2.45, 2.75) is 24.5 Å². The minimum Gasteiger partial charge on any atom is -0.346 e. The van der Waals surface area contributed by atoms with Crippen LogP contribution in [0.5, 0.6) is 0 Å². The molecule has 0 aliphatic rings. The van der Waals surface area contributed by atoms with E-state index < -0.39 is 0 Å². The first kappa shape index (κ1) is 18.5. The van der Waals surface area contributed by atoms with Crippen molar-refractivity contribution < 1.29 is 9.32 Å². The number of thioether (sulfide) groups is 1. The second kappa shape index (κ2) is 8.87. The minimum absolute atomic E-state index is 0.0663. The van der Waals surface area contributed by atoms with Crippen molar-refractivity contribution in [3.63, 3.8) is 0 Å². The first-order valence-electron chi connectivity index (χ1n) is 8.14. The Labute approximate surface area is 161 Å². The van der Waals surface area contributed by atoms with Crippen LogP contribution in [0.4, 0.5) is 0 Å². The van der Waals surface area contributed by atoms with Gasteiger partial charge in [-0.1, -0.05) is 59.2 Å². The van der Waals surface area contributed by atoms with Gasteiger partial charge in [0.25, 0.3) is 0 Å². The molecule has 3 aromatic rings. The molecule has 134 valence electrons. The van der Waals surface area contributed by atoms with Crippen LogP contribution in [0, 0.1) is 0 Å². The molecule has 1 N–H and O–H groups in total. The Balaban J connectivity index is 1.51. The average molecular weight is 388 g/mol. The maximum atomic E-state index is 12.2. The molecule has 0 bridgehead atoms. The number of aromatic nitrogens is 2. The van der Waals surface area contributed by atoms with Crippen molar-refractivity contribution in [2.75, 3.05) is 0 Å². The van der Waals surface area contributed by atoms with Crippen molar-refractivity contribution in [3.05, 3.63) is 71.1 Å². The summed E-state index contributed by atoms with van der Waals surface area (Å²) in [4.78, 5) is 16.5. The lowest BCUT2D eigenvalue weighted by Crippen LogP contribution is -2.30. The molecule has 2 aromatic carbocycles. The Morgan fingerprint density at radius 3 is 2.69 bits per heavy atom. The van der Waals surface area contributed by atoms with Gasteiger partial charge in [0.2, 0.25) is 17.6 Å². The van der Waals surface area contributed by atoms with Crippen LogP contribution in [0.15, 0.2) is 59.1 Å². The van der Waals surface area contributed by atoms with E-state index >= 15 is 0 Å². The van der Waals surface area contributed by atoms with Crippen LogP contribution in [0.3, 0.4) is 0 Å². The number of carbonyl (C=O) groups is 1. The van der Waals surface area contributed by atoms with Gasteiger partial charge in [-0.25, -0.2) is 0 Å². The largest absolute Gasteiger partial charge is 0.346 e. The molecule has 0 fully saturated rings. The summed E-state index contributed by atoms with van der Waals surface area (Å²) in [6.45, 7) is 2.07. The monoisotopic (exact) mass is 387 g/mol. The number of nitrogens with zero attached hydrogens (tertiary/aromatic N) is 2. The predicted molar refractivity (Wildman–Crippen MR) is 104 cm³/mol. The van der Waals surface area contributed by atoms with Gasteiger partial charge in [0, 0.05) is 11.3 Å². The first-order chi connectivity index (χ1) is 12.6. The zero-order chi connectivity index (χ0) is 18.4. The van der Waals surface area contributed by atoms with E-state index in [1.165, 1.54) is 5.56 Å². The van der Waals surface area contributed by atoms with Gasteiger partial charge in [-0.3, -0.25) is 4.79 Å². The summed E-state index contributed by atoms with van der Waals surface area (Å²) in [5, 5.41) is 7.12. The lowest BCUT2D eigenvalue weighted by Gasteiger charge is -2.10. The van der Waals surface area contributed by atoms with E-state index in [0.717, 1.165) is 5.75 Å². The van der Waals surface area contributed by atoms with E-state index in [4.69, 9.17) is 16.1 Å². The average Bonchev–Trinajstić information content (AvgIpc) is 3.14. The molecule has 3 rings (SSSR count). The Morgan fingerprint density at radius 1 is 1.19 bits per heavy atom. The molecule has 1 aromatic heterocycles. The molecule has 0 radical (unpaired) electrons. The van der Waals surface area contributed by atoms with E-state index in [2.05, 4.69) is 15.5 Å². The van der Waals surface area contributed by atoms with E-state index in [9.17, 15) is 4.79 Å². The maximum absolute atomic E-state index is 12.2. The molecule has 1 atom stereocenters. The summed E-state index contributed by atoms with van der Waals surface area (Å²) in [6.07, 6.45) is 0. The lowest BCUT2D eigenvalue weighted by molar-refractivity contribution is -0.120. The van der Waals surface area contributed by atoms with E-state index in [0.29, 0.717) is 22.3 Å². The number of halogens is 1. The van der Waals surface area contributed by atoms with E-state index in [-0.39, 0.29) is 17.7 Å². The van der Waals surface area contributed by atoms with Crippen LogP contribution < -0.4 is 5.32 Å². The van der Waals surface area contributed by atoms with Crippen molar-refractivity contribution in [2.24, 2.45) is 0 Å². The topological polar surface area (TPSA) is 68.0 Å². The van der Waals surface area contributed by atoms with Gasteiger partial charge in [-0.15, -0.1) is 11.8 Å². The Hall–Kier alpha value is -2.31. The molecular weight excluding hydrogens is 370 g/mol. The molecule has 0 aliphatic carbocycles. The highest BCUT2D eigenvalue weighted by atomic mass is 35.5. The fourth-order valence-electron chi connectivity index (χ4n) is 2.26. The standard InChI is InChI=1S/C19H18ClN3O2S/c1-13(26-12-14-7-3-2-4-8-14)19(24)21-11-17-22-18(23-25-17)15-9-5-6-10-16(15)20/h2-10,13H,11-12H2,1H3,(H,21,24). The third-order valence-electron chi connectivity index (χ3n) is 3.71. The highest BCUT2D eigenvalue weighted by Gasteiger charge is 2.16. The number of hydrogen-bond acceptors (Lipinski definition) is 5. The highest BCUT2D eigenvalue weighted by molar-refractivity contribution is 7.99. The summed E-state index contributed by atoms with van der Waals surface area (Å²) in [6, 6.07) is 17.3. The van der Waals surface area contributed by atoms with Crippen LogP contribution in [0.2, 0.25) is 5.02 Å². The molecule has 26 heavy (non-hydrogen) atoms. The van der Waals surface area contributed by atoms with Crippen molar-refractivity contribution in [3.8, 4) is 11.4 Å². The Morgan fingerprint density at radius 2 is 1.92 bits per heavy atom. The molecular formula is C19H18ClN3O2S. The smallest absolute Gasteiger partial charge is 0.246 e. The van der Waals surface area contributed by atoms with Crippen LogP contribution in [0.1, 0.15) is 18.4 Å². The molecule has 1 amide bonds. The maximum Gasteiger partial charge on any atom is 0.246 e. The molecule has 1 heterocycles. The van der Waals surface area contributed by atoms with Gasteiger partial charge >= 0.3 is 0 Å². The van der Waals surface area contributed by atoms with Gasteiger partial charge in [-0.05, 0) is 24.6 Å². The predicted octanol–water partition coefficient (Wildman–Crippen LogP) is 4.33. The van der Waals surface area contributed by atoms with Crippen LogP contribution in [-0.2, 0) is 17.1 Å². The fourth-order valence-corrected chi connectivity index (χ4v) is 3.35. The molecule has 5 nitrogen and oxygen atoms in total. The Bertz CT molecular complexity index is 870. The van der Waals surface area contributed by atoms with Gasteiger partial charge in [0.1, 0.15) is 0 Å². The molecule has 1 unspecified atom stereocenters. The lowest BCUT2D eigenvalue weighted by atomic mass is 10.2. The number of amides is 1. The zero-order valence-electron chi connectivity index (χ0n) is 14.2. The normalized spacial score (nSPS) is 11.9. The third-order valence-corrected chi connectivity index (χ3v) is 5.25. The number of benzene rings is 2. The second-order valence-electron chi connectivity index (χ2n) is 5.65. The van der Waals surface area contributed by atoms with Crippen molar-refractivity contribution >= 4 is 29.3 Å². The molecule has 0 saturated carbocycles. The van der Waals surface area contributed by atoms with E-state index in [1.807, 2.05) is 55.5 Å². The first-order valence-corrected chi connectivity index (χ1v) is 9.57. The van der Waals surface area contributed by atoms with Gasteiger partial charge < -0.3 is 9.84 Å². The Kier molecular flexibility index (Phi) is 6.30. The van der Waals surface area contributed by atoms with Crippen molar-refractivity contribution in [1.82, 2.24) is 15.5 Å². The highest BCUT2D eigenvalue weighted by Crippen LogP contribution is 2.24. The van der Waals surface area contributed by atoms with Gasteiger partial charge in [-0.2, -0.15) is 4.98 Å². The fraction of sp³-hybridized carbons (Fsp3) is 0.211. The van der Waals surface area contributed by atoms with Crippen molar-refractivity contribution in [1.29, 1.82) is 0 Å².